The lowest BCUT2D eigenvalue weighted by Crippen LogP contribution is -2.68. The molecule has 0 amide bonds. The van der Waals surface area contributed by atoms with Gasteiger partial charge < -0.3 is 0 Å². The van der Waals surface area contributed by atoms with Gasteiger partial charge in [-0.2, -0.15) is 4.40 Å². The fourth-order valence-corrected chi connectivity index (χ4v) is 3.54. The minimum Gasteiger partial charge on any atom is -0.222 e. The topological polar surface area (TPSA) is 96.3 Å². The first-order valence-corrected chi connectivity index (χ1v) is 9.31. The van der Waals surface area contributed by atoms with Gasteiger partial charge >= 0.3 is 0 Å². The highest BCUT2D eigenvalue weighted by Gasteiger charge is 2.13. The van der Waals surface area contributed by atoms with E-state index in [1.807, 2.05) is 0 Å². The number of aromatic nitrogens is 1. The molecule has 0 N–H and O–H groups in total. The van der Waals surface area contributed by atoms with Gasteiger partial charge in [0, 0.05) is 22.2 Å². The summed E-state index contributed by atoms with van der Waals surface area (Å²) in [7, 11) is -4.94. The number of hydrogen-bond acceptors (Lipinski definition) is 4. The highest BCUT2D eigenvalue weighted by molar-refractivity contribution is 9.10. The van der Waals surface area contributed by atoms with Crippen molar-refractivity contribution in [2.75, 3.05) is 0 Å². The van der Waals surface area contributed by atoms with Crippen LogP contribution in [0.5, 0.6) is 0 Å². The second-order valence-corrected chi connectivity index (χ2v) is 7.10. The molecule has 0 fully saturated rings. The molecular weight excluding hydrogens is 410 g/mol. The summed E-state index contributed by atoms with van der Waals surface area (Å²) in [5, 5.41) is 5.15. The molecule has 0 aliphatic rings. The van der Waals surface area contributed by atoms with Crippen LogP contribution in [0.3, 0.4) is 0 Å². The average Bonchev–Trinajstić information content (AvgIpc) is 2.55. The quantitative estimate of drug-likeness (QED) is 0.227. The van der Waals surface area contributed by atoms with Crippen LogP contribution in [-0.4, -0.2) is 0 Å². The lowest BCUT2D eigenvalue weighted by Gasteiger charge is -2.17. The maximum absolute atomic E-state index is 8.49. The Morgan fingerprint density at radius 3 is 2.12 bits per heavy atom. The summed E-state index contributed by atoms with van der Waals surface area (Å²) in [6.07, 6.45) is 4.34. The van der Waals surface area contributed by atoms with E-state index in [0.717, 1.165) is 4.47 Å². The predicted octanol–water partition coefficient (Wildman–Crippen LogP) is 0.0466. The van der Waals surface area contributed by atoms with Crippen LogP contribution < -0.4 is 23.0 Å². The number of aryl methyl sites for hydroxylation is 1. The predicted molar refractivity (Wildman–Crippen MR) is 87.1 cm³/mol. The van der Waals surface area contributed by atoms with E-state index in [2.05, 4.69) is 88.2 Å². The number of halogens is 2. The fourth-order valence-electron chi connectivity index (χ4n) is 2.97. The molecule has 0 radical (unpaired) electrons. The van der Waals surface area contributed by atoms with E-state index in [-0.39, 0.29) is 0 Å². The van der Waals surface area contributed by atoms with Crippen LogP contribution in [0.4, 0.5) is 0 Å². The largest absolute Gasteiger partial charge is 0.222 e. The number of nitrogens with zero attached hydrogens (tertiary/aromatic N) is 1. The Balaban J connectivity index is 0.000000324. The molecule has 0 saturated heterocycles. The van der Waals surface area contributed by atoms with Gasteiger partial charge in [0.1, 0.15) is 0 Å². The molecular formula is C18H13BrClNO4. The molecule has 4 rings (SSSR count). The van der Waals surface area contributed by atoms with E-state index in [1.54, 1.807) is 0 Å². The Morgan fingerprint density at radius 2 is 1.44 bits per heavy atom. The van der Waals surface area contributed by atoms with Crippen molar-refractivity contribution in [3.05, 3.63) is 71.0 Å². The SMILES string of the molecule is Cc1c2cc(Br)c3ccccc3c2c[n+]2ccccc12.[O-][Cl+3]([O-])([O-])[O-]. The van der Waals surface area contributed by atoms with Gasteiger partial charge in [0.25, 0.3) is 0 Å². The van der Waals surface area contributed by atoms with E-state index in [0.29, 0.717) is 0 Å². The minimum atomic E-state index is -4.94. The number of pyridine rings is 2. The van der Waals surface area contributed by atoms with Crippen molar-refractivity contribution in [3.63, 3.8) is 0 Å². The maximum Gasteiger partial charge on any atom is 0.214 e. The zero-order chi connectivity index (χ0) is 18.2. The number of fused-ring (bicyclic) bond motifs is 4. The molecule has 25 heavy (non-hydrogen) atoms. The standard InChI is InChI=1S/C18H13BrN.ClHO4/c1-12-15-10-17(19)14-7-3-2-6-13(14)16(15)11-20-9-5-4-8-18(12)20;2-1(3,4)5/h2-11H,1H3;(H,2,3,4,5)/q+1;/p-1. The molecule has 0 spiro atoms. The van der Waals surface area contributed by atoms with Crippen LogP contribution in [0.25, 0.3) is 27.1 Å². The van der Waals surface area contributed by atoms with E-state index < -0.39 is 10.2 Å². The van der Waals surface area contributed by atoms with Crippen molar-refractivity contribution in [1.29, 1.82) is 0 Å². The highest BCUT2D eigenvalue weighted by Crippen LogP contribution is 2.33. The Labute approximate surface area is 154 Å². The molecule has 0 aliphatic heterocycles. The Kier molecular flexibility index (Phi) is 4.92. The van der Waals surface area contributed by atoms with Crippen LogP contribution in [0.15, 0.2) is 65.4 Å². The molecule has 0 aliphatic carbocycles. The third-order valence-corrected chi connectivity index (χ3v) is 4.64. The van der Waals surface area contributed by atoms with Crippen molar-refractivity contribution in [1.82, 2.24) is 0 Å². The summed E-state index contributed by atoms with van der Waals surface area (Å²) >= 11 is 3.71. The van der Waals surface area contributed by atoms with Crippen molar-refractivity contribution < 1.29 is 33.3 Å². The van der Waals surface area contributed by atoms with Gasteiger partial charge in [-0.15, -0.1) is 10.2 Å². The van der Waals surface area contributed by atoms with Gasteiger partial charge in [-0.05, 0) is 35.2 Å². The van der Waals surface area contributed by atoms with Crippen molar-refractivity contribution in [2.24, 2.45) is 0 Å². The molecule has 128 valence electrons. The van der Waals surface area contributed by atoms with Crippen LogP contribution in [-0.2, 0) is 0 Å². The monoisotopic (exact) mass is 421 g/mol. The van der Waals surface area contributed by atoms with E-state index >= 15 is 0 Å². The van der Waals surface area contributed by atoms with Gasteiger partial charge in [-0.25, -0.2) is 18.6 Å². The zero-order valence-corrected chi connectivity index (χ0v) is 15.5. The number of hydrogen-bond donors (Lipinski definition) is 0. The molecule has 0 atom stereocenters. The second-order valence-electron chi connectivity index (χ2n) is 5.49. The fraction of sp³-hybridized carbons (Fsp3) is 0.0556. The van der Waals surface area contributed by atoms with Crippen LogP contribution >= 0.6 is 15.9 Å². The first-order valence-electron chi connectivity index (χ1n) is 7.28. The molecule has 2 heterocycles. The lowest BCUT2D eigenvalue weighted by molar-refractivity contribution is -2.00. The summed E-state index contributed by atoms with van der Waals surface area (Å²) in [5.41, 5.74) is 2.57. The van der Waals surface area contributed by atoms with Crippen LogP contribution in [0, 0.1) is 17.2 Å². The average molecular weight is 423 g/mol. The maximum atomic E-state index is 8.49. The summed E-state index contributed by atoms with van der Waals surface area (Å²) in [6.45, 7) is 2.19. The van der Waals surface area contributed by atoms with E-state index in [4.69, 9.17) is 18.6 Å². The van der Waals surface area contributed by atoms with E-state index in [9.17, 15) is 0 Å². The van der Waals surface area contributed by atoms with Crippen molar-refractivity contribution in [2.45, 2.75) is 6.92 Å². The zero-order valence-electron chi connectivity index (χ0n) is 13.1. The van der Waals surface area contributed by atoms with E-state index in [1.165, 1.54) is 32.6 Å². The molecule has 7 heteroatoms. The molecule has 4 aromatic rings. The lowest BCUT2D eigenvalue weighted by atomic mass is 10.00. The Bertz CT molecular complexity index is 1070. The third kappa shape index (κ3) is 3.90. The second kappa shape index (κ2) is 6.84. The summed E-state index contributed by atoms with van der Waals surface area (Å²) in [4.78, 5) is 0. The summed E-state index contributed by atoms with van der Waals surface area (Å²) in [6, 6.07) is 17.1. The van der Waals surface area contributed by atoms with Gasteiger partial charge in [0.2, 0.25) is 5.52 Å². The van der Waals surface area contributed by atoms with Gasteiger partial charge in [0.15, 0.2) is 12.4 Å². The Hall–Kier alpha value is -1.80. The first kappa shape index (κ1) is 18.0. The summed E-state index contributed by atoms with van der Waals surface area (Å²) in [5.74, 6) is 0. The molecule has 5 nitrogen and oxygen atoms in total. The van der Waals surface area contributed by atoms with Crippen molar-refractivity contribution >= 4 is 43.0 Å². The third-order valence-electron chi connectivity index (χ3n) is 3.98. The highest BCUT2D eigenvalue weighted by atomic mass is 79.9. The minimum absolute atomic E-state index is 1.16. The number of rotatable bonds is 0. The molecule has 0 saturated carbocycles. The molecule has 2 aromatic heterocycles. The van der Waals surface area contributed by atoms with Gasteiger partial charge in [-0.3, -0.25) is 0 Å². The smallest absolute Gasteiger partial charge is 0.214 e. The first-order chi connectivity index (χ1) is 11.8. The summed E-state index contributed by atoms with van der Waals surface area (Å²) < 4.78 is 37.3. The van der Waals surface area contributed by atoms with Crippen LogP contribution in [0.2, 0.25) is 0 Å². The molecule has 2 aromatic carbocycles. The van der Waals surface area contributed by atoms with Gasteiger partial charge in [0.05, 0.1) is 5.39 Å². The molecule has 0 bridgehead atoms. The van der Waals surface area contributed by atoms with Crippen molar-refractivity contribution in [3.8, 4) is 0 Å². The Morgan fingerprint density at radius 1 is 0.840 bits per heavy atom. The van der Waals surface area contributed by atoms with Crippen LogP contribution in [0.1, 0.15) is 5.56 Å². The molecule has 0 unspecified atom stereocenters. The number of benzene rings is 2. The van der Waals surface area contributed by atoms with Gasteiger partial charge in [-0.1, -0.05) is 40.2 Å². The normalized spacial score (nSPS) is 11.6.